The Morgan fingerprint density at radius 3 is 2.84 bits per heavy atom. The Hall–Kier alpha value is -2.31. The van der Waals surface area contributed by atoms with Crippen LogP contribution in [0.15, 0.2) is 60.0 Å². The number of nitrogens with zero attached hydrogens (tertiary/aromatic N) is 2. The minimum Gasteiger partial charge on any atom is -0.496 e. The molecule has 6 heteroatoms. The first-order valence-corrected chi connectivity index (χ1v) is 9.72. The molecule has 0 saturated heterocycles. The second-order valence-corrected chi connectivity index (χ2v) is 7.12. The molecule has 3 rings (SSSR count). The number of hydrogen-bond donors (Lipinski definition) is 0. The molecule has 1 amide bonds. The van der Waals surface area contributed by atoms with E-state index in [4.69, 9.17) is 4.74 Å². The minimum absolute atomic E-state index is 0.150. The van der Waals surface area contributed by atoms with E-state index in [0.29, 0.717) is 23.0 Å². The maximum Gasteiger partial charge on any atom is 0.264 e. The smallest absolute Gasteiger partial charge is 0.264 e. The number of ether oxygens (including phenoxy) is 1. The minimum atomic E-state index is -0.150. The lowest BCUT2D eigenvalue weighted by molar-refractivity contribution is 0.0986. The Kier molecular flexibility index (Phi) is 5.40. The lowest BCUT2D eigenvalue weighted by atomic mass is 10.1. The van der Waals surface area contributed by atoms with Gasteiger partial charge < -0.3 is 4.74 Å². The maximum atomic E-state index is 13.1. The number of para-hydroxylation sites is 1. The average Bonchev–Trinajstić information content (AvgIpc) is 3.08. The van der Waals surface area contributed by atoms with Gasteiger partial charge in [-0.25, -0.2) is 4.98 Å². The van der Waals surface area contributed by atoms with Crippen molar-refractivity contribution in [3.8, 4) is 5.75 Å². The van der Waals surface area contributed by atoms with E-state index in [1.165, 1.54) is 11.3 Å². The van der Waals surface area contributed by atoms with Crippen molar-refractivity contribution in [2.24, 2.45) is 0 Å². The number of benzene rings is 2. The van der Waals surface area contributed by atoms with Crippen molar-refractivity contribution in [2.75, 3.05) is 24.8 Å². The number of carbonyl (C=O) groups is 1. The molecule has 0 aliphatic rings. The van der Waals surface area contributed by atoms with Gasteiger partial charge in [-0.1, -0.05) is 29.5 Å². The van der Waals surface area contributed by atoms with Gasteiger partial charge in [0.2, 0.25) is 0 Å². The summed E-state index contributed by atoms with van der Waals surface area (Å²) in [6, 6.07) is 13.5. The molecule has 0 radical (unpaired) electrons. The molecule has 0 saturated carbocycles. The molecule has 0 fully saturated rings. The first kappa shape index (κ1) is 17.5. The van der Waals surface area contributed by atoms with Crippen LogP contribution in [0.3, 0.4) is 0 Å². The molecule has 0 aliphatic carbocycles. The number of carbonyl (C=O) groups excluding carboxylic acids is 1. The molecule has 128 valence electrons. The Morgan fingerprint density at radius 2 is 2.16 bits per heavy atom. The summed E-state index contributed by atoms with van der Waals surface area (Å²) in [5, 5.41) is 0.655. The van der Waals surface area contributed by atoms with Crippen molar-refractivity contribution in [3.05, 3.63) is 60.7 Å². The predicted molar refractivity (Wildman–Crippen MR) is 106 cm³/mol. The molecule has 0 unspecified atom stereocenters. The molecule has 0 spiro atoms. The van der Waals surface area contributed by atoms with Crippen molar-refractivity contribution in [2.45, 2.75) is 4.90 Å². The first-order valence-electron chi connectivity index (χ1n) is 7.68. The second kappa shape index (κ2) is 7.72. The largest absolute Gasteiger partial charge is 0.496 e. The van der Waals surface area contributed by atoms with Crippen LogP contribution in [0.5, 0.6) is 5.75 Å². The fraction of sp³-hybridized carbons (Fsp3) is 0.158. The van der Waals surface area contributed by atoms with E-state index in [1.54, 1.807) is 35.9 Å². The van der Waals surface area contributed by atoms with Crippen LogP contribution in [0.2, 0.25) is 0 Å². The van der Waals surface area contributed by atoms with Gasteiger partial charge in [0.05, 0.1) is 22.9 Å². The van der Waals surface area contributed by atoms with E-state index in [2.05, 4.69) is 11.6 Å². The zero-order chi connectivity index (χ0) is 17.8. The molecule has 1 heterocycles. The number of aromatic nitrogens is 1. The fourth-order valence-electron chi connectivity index (χ4n) is 2.47. The fourth-order valence-corrected chi connectivity index (χ4v) is 3.88. The summed E-state index contributed by atoms with van der Waals surface area (Å²) in [7, 11) is 1.58. The lowest BCUT2D eigenvalue weighted by Crippen LogP contribution is -2.31. The van der Waals surface area contributed by atoms with Crippen LogP contribution in [-0.2, 0) is 0 Å². The molecular weight excluding hydrogens is 352 g/mol. The van der Waals surface area contributed by atoms with Crippen molar-refractivity contribution in [3.63, 3.8) is 0 Å². The quantitative estimate of drug-likeness (QED) is 0.459. The Labute approximate surface area is 155 Å². The summed E-state index contributed by atoms with van der Waals surface area (Å²) in [6.07, 6.45) is 3.69. The lowest BCUT2D eigenvalue weighted by Gasteiger charge is -2.19. The van der Waals surface area contributed by atoms with Crippen molar-refractivity contribution in [1.82, 2.24) is 4.98 Å². The molecule has 0 N–H and O–H groups in total. The molecular formula is C19H18N2O2S2. The van der Waals surface area contributed by atoms with Gasteiger partial charge in [-0.2, -0.15) is 0 Å². The molecule has 4 nitrogen and oxygen atoms in total. The van der Waals surface area contributed by atoms with Gasteiger partial charge in [0.25, 0.3) is 5.91 Å². The Morgan fingerprint density at radius 1 is 1.36 bits per heavy atom. The number of hydrogen-bond acceptors (Lipinski definition) is 5. The third-order valence-corrected chi connectivity index (χ3v) is 5.49. The van der Waals surface area contributed by atoms with E-state index in [9.17, 15) is 4.79 Å². The SMILES string of the molecule is C=CCN(C(=O)c1ccc(SC)cc1OC)c1nc2ccccc2s1. The summed E-state index contributed by atoms with van der Waals surface area (Å²) in [6.45, 7) is 4.16. The maximum absolute atomic E-state index is 13.1. The summed E-state index contributed by atoms with van der Waals surface area (Å²) in [4.78, 5) is 20.4. The van der Waals surface area contributed by atoms with Gasteiger partial charge in [-0.05, 0) is 36.6 Å². The van der Waals surface area contributed by atoms with Crippen LogP contribution in [-0.4, -0.2) is 30.8 Å². The molecule has 0 aliphatic heterocycles. The van der Waals surface area contributed by atoms with Crippen molar-refractivity contribution >= 4 is 44.4 Å². The second-order valence-electron chi connectivity index (χ2n) is 5.23. The highest BCUT2D eigenvalue weighted by atomic mass is 32.2. The number of thioether (sulfide) groups is 1. The van der Waals surface area contributed by atoms with Crippen molar-refractivity contribution < 1.29 is 9.53 Å². The monoisotopic (exact) mass is 370 g/mol. The number of anilines is 1. The number of amides is 1. The van der Waals surface area contributed by atoms with Crippen LogP contribution in [0.1, 0.15) is 10.4 Å². The number of thiazole rings is 1. The molecule has 1 aromatic heterocycles. The van der Waals surface area contributed by atoms with Gasteiger partial charge in [0.1, 0.15) is 5.75 Å². The van der Waals surface area contributed by atoms with Crippen molar-refractivity contribution in [1.29, 1.82) is 0 Å². The van der Waals surface area contributed by atoms with Gasteiger partial charge in [-0.15, -0.1) is 18.3 Å². The summed E-state index contributed by atoms with van der Waals surface area (Å²) in [5.41, 5.74) is 1.40. The molecule has 25 heavy (non-hydrogen) atoms. The average molecular weight is 370 g/mol. The standard InChI is InChI=1S/C19H18N2O2S2/c1-4-11-21(19-20-15-7-5-6-8-17(15)25-19)18(22)14-10-9-13(24-3)12-16(14)23-2/h4-10,12H,1,11H2,2-3H3. The van der Waals surface area contributed by atoms with E-state index < -0.39 is 0 Å². The zero-order valence-corrected chi connectivity index (χ0v) is 15.7. The Bertz CT molecular complexity index is 888. The highest BCUT2D eigenvalue weighted by Gasteiger charge is 2.23. The number of fused-ring (bicyclic) bond motifs is 1. The number of methoxy groups -OCH3 is 1. The normalized spacial score (nSPS) is 10.6. The van der Waals surface area contributed by atoms with Crippen LogP contribution >= 0.6 is 23.1 Å². The zero-order valence-electron chi connectivity index (χ0n) is 14.1. The van der Waals surface area contributed by atoms with Gasteiger partial charge in [0.15, 0.2) is 5.13 Å². The summed E-state index contributed by atoms with van der Waals surface area (Å²) >= 11 is 3.10. The first-order chi connectivity index (χ1) is 12.2. The van der Waals surface area contributed by atoms with Gasteiger partial charge in [0, 0.05) is 11.4 Å². The predicted octanol–water partition coefficient (Wildman–Crippen LogP) is 4.86. The molecule has 0 atom stereocenters. The summed E-state index contributed by atoms with van der Waals surface area (Å²) < 4.78 is 6.47. The topological polar surface area (TPSA) is 42.4 Å². The molecule has 0 bridgehead atoms. The molecule has 3 aromatic rings. The highest BCUT2D eigenvalue weighted by Crippen LogP contribution is 2.32. The highest BCUT2D eigenvalue weighted by molar-refractivity contribution is 7.98. The van der Waals surface area contributed by atoms with Crippen LogP contribution < -0.4 is 9.64 Å². The summed E-state index contributed by atoms with van der Waals surface area (Å²) in [5.74, 6) is 0.412. The van der Waals surface area contributed by atoms with Crippen LogP contribution in [0.4, 0.5) is 5.13 Å². The van der Waals surface area contributed by atoms with Crippen LogP contribution in [0, 0.1) is 0 Å². The third-order valence-electron chi connectivity index (χ3n) is 3.71. The number of rotatable bonds is 6. The third kappa shape index (κ3) is 3.55. The van der Waals surface area contributed by atoms with E-state index in [-0.39, 0.29) is 5.91 Å². The van der Waals surface area contributed by atoms with Gasteiger partial charge >= 0.3 is 0 Å². The van der Waals surface area contributed by atoms with E-state index in [0.717, 1.165) is 15.1 Å². The van der Waals surface area contributed by atoms with Gasteiger partial charge in [-0.3, -0.25) is 9.69 Å². The molecule has 2 aromatic carbocycles. The Balaban J connectivity index is 2.03. The van der Waals surface area contributed by atoms with Crippen LogP contribution in [0.25, 0.3) is 10.2 Å². The van der Waals surface area contributed by atoms with E-state index in [1.807, 2.05) is 42.7 Å². The van der Waals surface area contributed by atoms with E-state index >= 15 is 0 Å².